The van der Waals surface area contributed by atoms with Crippen LogP contribution in [0.15, 0.2) is 54.7 Å². The number of nitrogens with zero attached hydrogens (tertiary/aromatic N) is 1. The summed E-state index contributed by atoms with van der Waals surface area (Å²) in [6.07, 6.45) is 8.31. The van der Waals surface area contributed by atoms with E-state index < -0.39 is 0 Å². The van der Waals surface area contributed by atoms with Crippen molar-refractivity contribution in [1.29, 1.82) is 0 Å². The second-order valence-electron chi connectivity index (χ2n) is 7.76. The number of fused-ring (bicyclic) bond motifs is 1. The van der Waals surface area contributed by atoms with Crippen LogP contribution < -0.4 is 15.2 Å². The van der Waals surface area contributed by atoms with E-state index in [1.165, 1.54) is 0 Å². The third-order valence-electron chi connectivity index (χ3n) is 5.49. The van der Waals surface area contributed by atoms with Gasteiger partial charge in [0.2, 0.25) is 5.88 Å². The molecule has 4 rings (SSSR count). The number of aromatic nitrogens is 1. The average Bonchev–Trinajstić information content (AvgIpc) is 2.72. The Bertz CT molecular complexity index is 938. The van der Waals surface area contributed by atoms with Crippen LogP contribution in [0.5, 0.6) is 11.6 Å². The normalized spacial score (nSPS) is 20.1. The summed E-state index contributed by atoms with van der Waals surface area (Å²) in [5.74, 6) is 1.31. The highest BCUT2D eigenvalue weighted by molar-refractivity contribution is 6.33. The highest BCUT2D eigenvalue weighted by atomic mass is 35.5. The van der Waals surface area contributed by atoms with Crippen molar-refractivity contribution in [3.8, 4) is 11.6 Å². The van der Waals surface area contributed by atoms with Crippen molar-refractivity contribution in [2.24, 2.45) is 5.73 Å². The summed E-state index contributed by atoms with van der Waals surface area (Å²) < 4.78 is 12.3. The molecule has 1 fully saturated rings. The van der Waals surface area contributed by atoms with E-state index in [1.807, 2.05) is 48.5 Å². The minimum Gasteiger partial charge on any atom is -0.489 e. The molecular formula is C24H27ClN2O2. The van der Waals surface area contributed by atoms with Crippen molar-refractivity contribution in [2.75, 3.05) is 0 Å². The lowest BCUT2D eigenvalue weighted by atomic mass is 9.95. The molecule has 0 radical (unpaired) electrons. The number of rotatable bonds is 5. The molecule has 152 valence electrons. The maximum Gasteiger partial charge on any atom is 0.221 e. The van der Waals surface area contributed by atoms with Crippen LogP contribution in [-0.4, -0.2) is 17.1 Å². The molecule has 1 saturated carbocycles. The first-order valence-corrected chi connectivity index (χ1v) is 10.7. The maximum atomic E-state index is 6.58. The SMILES string of the molecule is NC1CCCC(Oc2cc3ccnc(OCc4ccccc4)c3cc2Cl)CCC1. The molecule has 0 unspecified atom stereocenters. The van der Waals surface area contributed by atoms with E-state index in [-0.39, 0.29) is 6.10 Å². The lowest BCUT2D eigenvalue weighted by molar-refractivity contribution is 0.164. The van der Waals surface area contributed by atoms with Gasteiger partial charge in [-0.1, -0.05) is 41.9 Å². The Morgan fingerprint density at radius 3 is 2.52 bits per heavy atom. The van der Waals surface area contributed by atoms with E-state index >= 15 is 0 Å². The van der Waals surface area contributed by atoms with E-state index in [0.29, 0.717) is 23.6 Å². The fourth-order valence-electron chi connectivity index (χ4n) is 3.88. The Morgan fingerprint density at radius 1 is 1.00 bits per heavy atom. The molecule has 1 aliphatic carbocycles. The van der Waals surface area contributed by atoms with Crippen LogP contribution >= 0.6 is 11.6 Å². The van der Waals surface area contributed by atoms with Crippen LogP contribution in [0.25, 0.3) is 10.8 Å². The molecule has 0 saturated heterocycles. The third kappa shape index (κ3) is 5.20. The van der Waals surface area contributed by atoms with Crippen LogP contribution in [0.4, 0.5) is 0 Å². The number of benzene rings is 2. The quantitative estimate of drug-likeness (QED) is 0.569. The summed E-state index contributed by atoms with van der Waals surface area (Å²) >= 11 is 6.58. The monoisotopic (exact) mass is 410 g/mol. The minimum absolute atomic E-state index is 0.188. The summed E-state index contributed by atoms with van der Waals surface area (Å²) in [4.78, 5) is 4.40. The largest absolute Gasteiger partial charge is 0.489 e. The fourth-order valence-corrected chi connectivity index (χ4v) is 4.09. The highest BCUT2D eigenvalue weighted by Gasteiger charge is 2.18. The molecule has 2 aromatic carbocycles. The van der Waals surface area contributed by atoms with Gasteiger partial charge >= 0.3 is 0 Å². The minimum atomic E-state index is 0.188. The van der Waals surface area contributed by atoms with Gasteiger partial charge in [0.25, 0.3) is 0 Å². The molecule has 0 aliphatic heterocycles. The zero-order chi connectivity index (χ0) is 20.1. The highest BCUT2D eigenvalue weighted by Crippen LogP contribution is 2.35. The Kier molecular flexibility index (Phi) is 6.53. The molecular weight excluding hydrogens is 384 g/mol. The number of nitrogens with two attached hydrogens (primary N) is 1. The molecule has 4 nitrogen and oxygen atoms in total. The van der Waals surface area contributed by atoms with E-state index in [0.717, 1.165) is 60.6 Å². The number of hydrogen-bond acceptors (Lipinski definition) is 4. The lowest BCUT2D eigenvalue weighted by Crippen LogP contribution is -2.26. The van der Waals surface area contributed by atoms with Gasteiger partial charge in [-0.2, -0.15) is 0 Å². The van der Waals surface area contributed by atoms with Gasteiger partial charge in [-0.3, -0.25) is 0 Å². The first-order chi connectivity index (χ1) is 14.2. The Morgan fingerprint density at radius 2 is 1.76 bits per heavy atom. The molecule has 29 heavy (non-hydrogen) atoms. The van der Waals surface area contributed by atoms with Gasteiger partial charge in [0.05, 0.1) is 11.1 Å². The van der Waals surface area contributed by atoms with Crippen LogP contribution in [0, 0.1) is 0 Å². The van der Waals surface area contributed by atoms with Crippen LogP contribution in [0.2, 0.25) is 5.02 Å². The first-order valence-electron chi connectivity index (χ1n) is 10.4. The van der Waals surface area contributed by atoms with E-state index in [2.05, 4.69) is 4.98 Å². The van der Waals surface area contributed by atoms with Gasteiger partial charge < -0.3 is 15.2 Å². The van der Waals surface area contributed by atoms with Gasteiger partial charge in [-0.15, -0.1) is 0 Å². The van der Waals surface area contributed by atoms with Gasteiger partial charge in [-0.25, -0.2) is 4.98 Å². The van der Waals surface area contributed by atoms with E-state index in [9.17, 15) is 0 Å². The smallest absolute Gasteiger partial charge is 0.221 e. The third-order valence-corrected chi connectivity index (χ3v) is 5.79. The Labute approximate surface area is 177 Å². The van der Waals surface area contributed by atoms with Crippen LogP contribution in [-0.2, 0) is 6.61 Å². The van der Waals surface area contributed by atoms with Crippen LogP contribution in [0.3, 0.4) is 0 Å². The molecule has 1 heterocycles. The molecule has 1 aliphatic rings. The van der Waals surface area contributed by atoms with Crippen molar-refractivity contribution < 1.29 is 9.47 Å². The summed E-state index contributed by atoms with van der Waals surface area (Å²) in [7, 11) is 0. The number of pyridine rings is 1. The molecule has 0 spiro atoms. The maximum absolute atomic E-state index is 6.58. The van der Waals surface area contributed by atoms with E-state index in [4.69, 9.17) is 26.8 Å². The number of halogens is 1. The molecule has 3 aromatic rings. The Hall–Kier alpha value is -2.30. The lowest BCUT2D eigenvalue weighted by Gasteiger charge is -2.24. The summed E-state index contributed by atoms with van der Waals surface area (Å²) in [6.45, 7) is 0.465. The molecule has 0 bridgehead atoms. The molecule has 5 heteroatoms. The number of hydrogen-bond donors (Lipinski definition) is 1. The van der Waals surface area contributed by atoms with Gasteiger partial charge in [-0.05, 0) is 67.7 Å². The summed E-state index contributed by atoms with van der Waals surface area (Å²) in [5, 5.41) is 2.49. The molecule has 1 aromatic heterocycles. The zero-order valence-corrected chi connectivity index (χ0v) is 17.3. The second-order valence-corrected chi connectivity index (χ2v) is 8.16. The summed E-state index contributed by atoms with van der Waals surface area (Å²) in [6, 6.07) is 16.3. The molecule has 0 amide bonds. The second kappa shape index (κ2) is 9.47. The predicted molar refractivity (Wildman–Crippen MR) is 118 cm³/mol. The predicted octanol–water partition coefficient (Wildman–Crippen LogP) is 5.90. The van der Waals surface area contributed by atoms with Gasteiger partial charge in [0, 0.05) is 17.6 Å². The first kappa shape index (κ1) is 20.0. The fraction of sp³-hybridized carbons (Fsp3) is 0.375. The van der Waals surface area contributed by atoms with Gasteiger partial charge in [0.1, 0.15) is 12.4 Å². The standard InChI is InChI=1S/C24H27ClN2O2/c25-22-15-21-18(12-13-27-24(21)28-16-17-6-2-1-3-7-17)14-23(22)29-20-10-4-8-19(26)9-5-11-20/h1-3,6-7,12-15,19-20H,4-5,8-11,16,26H2. The van der Waals surface area contributed by atoms with Crippen molar-refractivity contribution in [2.45, 2.75) is 57.3 Å². The topological polar surface area (TPSA) is 57.4 Å². The Balaban J connectivity index is 1.51. The zero-order valence-electron chi connectivity index (χ0n) is 16.5. The summed E-state index contributed by atoms with van der Waals surface area (Å²) in [5.41, 5.74) is 7.18. The van der Waals surface area contributed by atoms with Crippen molar-refractivity contribution in [1.82, 2.24) is 4.98 Å². The molecule has 2 N–H and O–H groups in total. The van der Waals surface area contributed by atoms with Gasteiger partial charge in [0.15, 0.2) is 0 Å². The van der Waals surface area contributed by atoms with Crippen molar-refractivity contribution in [3.63, 3.8) is 0 Å². The van der Waals surface area contributed by atoms with E-state index in [1.54, 1.807) is 6.20 Å². The van der Waals surface area contributed by atoms with Crippen LogP contribution in [0.1, 0.15) is 44.1 Å². The van der Waals surface area contributed by atoms with Crippen molar-refractivity contribution in [3.05, 3.63) is 65.3 Å². The molecule has 0 atom stereocenters. The average molecular weight is 411 g/mol. The number of ether oxygens (including phenoxy) is 2. The van der Waals surface area contributed by atoms with Crippen molar-refractivity contribution >= 4 is 22.4 Å².